The molecule has 0 radical (unpaired) electrons. The fraction of sp³-hybridized carbons (Fsp3) is 0.190. The SMILES string of the molecule is O=C(CCc1ncc(-c2ccc(F)cc2)o1)Nc1ccc(C(=O)NCC(F)(F)F)cc1. The van der Waals surface area contributed by atoms with Gasteiger partial charge in [0.1, 0.15) is 12.4 Å². The lowest BCUT2D eigenvalue weighted by Gasteiger charge is -2.09. The number of nitrogens with zero attached hydrogens (tertiary/aromatic N) is 1. The third-order valence-electron chi connectivity index (χ3n) is 4.13. The van der Waals surface area contributed by atoms with Gasteiger partial charge in [-0.2, -0.15) is 13.2 Å². The number of nitrogens with one attached hydrogen (secondary N) is 2. The minimum absolute atomic E-state index is 0.0374. The number of benzene rings is 2. The van der Waals surface area contributed by atoms with Crippen LogP contribution in [0.25, 0.3) is 11.3 Å². The number of amides is 2. The van der Waals surface area contributed by atoms with Gasteiger partial charge in [-0.15, -0.1) is 0 Å². The number of rotatable bonds is 7. The van der Waals surface area contributed by atoms with E-state index in [1.54, 1.807) is 17.4 Å². The van der Waals surface area contributed by atoms with E-state index in [9.17, 15) is 27.2 Å². The van der Waals surface area contributed by atoms with Crippen molar-refractivity contribution in [2.45, 2.75) is 19.0 Å². The fourth-order valence-electron chi connectivity index (χ4n) is 2.60. The van der Waals surface area contributed by atoms with E-state index < -0.39 is 18.6 Å². The highest BCUT2D eigenvalue weighted by Crippen LogP contribution is 2.21. The molecule has 0 unspecified atom stereocenters. The van der Waals surface area contributed by atoms with Crippen molar-refractivity contribution in [1.82, 2.24) is 10.3 Å². The normalized spacial score (nSPS) is 11.2. The number of carbonyl (C=O) groups is 2. The van der Waals surface area contributed by atoms with E-state index in [-0.39, 0.29) is 30.1 Å². The van der Waals surface area contributed by atoms with Crippen LogP contribution in [0, 0.1) is 5.82 Å². The summed E-state index contributed by atoms with van der Waals surface area (Å²) in [5.41, 5.74) is 1.08. The molecule has 0 fully saturated rings. The van der Waals surface area contributed by atoms with Crippen molar-refractivity contribution in [3.63, 3.8) is 0 Å². The third-order valence-corrected chi connectivity index (χ3v) is 4.13. The van der Waals surface area contributed by atoms with Crippen LogP contribution in [0.1, 0.15) is 22.7 Å². The molecule has 0 aliphatic rings. The first-order valence-corrected chi connectivity index (χ1v) is 9.15. The summed E-state index contributed by atoms with van der Waals surface area (Å²) < 4.78 is 55.0. The Morgan fingerprint density at radius 3 is 2.32 bits per heavy atom. The molecule has 0 saturated heterocycles. The standard InChI is InChI=1S/C21H17F4N3O3/c22-15-5-1-13(2-6-15)17-11-26-19(31-17)10-9-18(29)28-16-7-3-14(4-8-16)20(30)27-12-21(23,24)25/h1-8,11H,9-10,12H2,(H,27,30)(H,28,29). The summed E-state index contributed by atoms with van der Waals surface area (Å²) >= 11 is 0. The monoisotopic (exact) mass is 435 g/mol. The van der Waals surface area contributed by atoms with Crippen molar-refractivity contribution < 1.29 is 31.6 Å². The zero-order valence-corrected chi connectivity index (χ0v) is 16.0. The number of halogens is 4. The molecule has 1 heterocycles. The van der Waals surface area contributed by atoms with Crippen LogP contribution >= 0.6 is 0 Å². The van der Waals surface area contributed by atoms with E-state index in [0.29, 0.717) is 22.9 Å². The van der Waals surface area contributed by atoms with Gasteiger partial charge in [-0.05, 0) is 48.5 Å². The van der Waals surface area contributed by atoms with Gasteiger partial charge in [0.2, 0.25) is 5.91 Å². The van der Waals surface area contributed by atoms with Crippen LogP contribution < -0.4 is 10.6 Å². The second-order valence-corrected chi connectivity index (χ2v) is 6.55. The Bertz CT molecular complexity index is 1040. The highest BCUT2D eigenvalue weighted by atomic mass is 19.4. The molecule has 2 amide bonds. The first kappa shape index (κ1) is 22.0. The number of carbonyl (C=O) groups excluding carboxylic acids is 2. The molecular formula is C21H17F4N3O3. The summed E-state index contributed by atoms with van der Waals surface area (Å²) in [5, 5.41) is 4.38. The molecule has 0 atom stereocenters. The molecule has 10 heteroatoms. The lowest BCUT2D eigenvalue weighted by molar-refractivity contribution is -0.123. The number of anilines is 1. The molecule has 162 valence electrons. The maximum Gasteiger partial charge on any atom is 0.405 e. The van der Waals surface area contributed by atoms with Gasteiger partial charge < -0.3 is 15.1 Å². The maximum atomic E-state index is 13.0. The summed E-state index contributed by atoms with van der Waals surface area (Å²) in [7, 11) is 0. The molecule has 6 nitrogen and oxygen atoms in total. The average molecular weight is 435 g/mol. The van der Waals surface area contributed by atoms with E-state index in [0.717, 1.165) is 0 Å². The van der Waals surface area contributed by atoms with Crippen molar-refractivity contribution in [3.05, 3.63) is 72.0 Å². The summed E-state index contributed by atoms with van der Waals surface area (Å²) in [6.07, 6.45) is -2.71. The van der Waals surface area contributed by atoms with Crippen molar-refractivity contribution in [1.29, 1.82) is 0 Å². The number of aromatic nitrogens is 1. The molecule has 2 aromatic carbocycles. The summed E-state index contributed by atoms with van der Waals surface area (Å²) in [6, 6.07) is 11.2. The molecule has 0 aliphatic carbocycles. The molecular weight excluding hydrogens is 418 g/mol. The van der Waals surface area contributed by atoms with Crippen LogP contribution in [-0.4, -0.2) is 29.5 Å². The largest absolute Gasteiger partial charge is 0.441 e. The van der Waals surface area contributed by atoms with Crippen molar-refractivity contribution in [2.75, 3.05) is 11.9 Å². The van der Waals surface area contributed by atoms with Crippen LogP contribution in [0.5, 0.6) is 0 Å². The molecule has 3 rings (SSSR count). The summed E-state index contributed by atoms with van der Waals surface area (Å²) in [6.45, 7) is -1.42. The molecule has 0 bridgehead atoms. The van der Waals surface area contributed by atoms with Crippen LogP contribution in [0.4, 0.5) is 23.2 Å². The molecule has 3 aromatic rings. The second kappa shape index (κ2) is 9.41. The molecule has 0 spiro atoms. The second-order valence-electron chi connectivity index (χ2n) is 6.55. The smallest absolute Gasteiger partial charge is 0.405 e. The molecule has 0 saturated carbocycles. The lowest BCUT2D eigenvalue weighted by Crippen LogP contribution is -2.33. The minimum Gasteiger partial charge on any atom is -0.441 e. The van der Waals surface area contributed by atoms with Gasteiger partial charge in [-0.25, -0.2) is 9.37 Å². The van der Waals surface area contributed by atoms with E-state index in [2.05, 4.69) is 10.3 Å². The van der Waals surface area contributed by atoms with Crippen molar-refractivity contribution in [3.8, 4) is 11.3 Å². The highest BCUT2D eigenvalue weighted by Gasteiger charge is 2.27. The Hall–Kier alpha value is -3.69. The highest BCUT2D eigenvalue weighted by molar-refractivity contribution is 5.95. The number of hydrogen-bond donors (Lipinski definition) is 2. The molecule has 1 aromatic heterocycles. The quantitative estimate of drug-likeness (QED) is 0.541. The van der Waals surface area contributed by atoms with Gasteiger partial charge in [0, 0.05) is 29.7 Å². The van der Waals surface area contributed by atoms with Gasteiger partial charge in [0.05, 0.1) is 6.20 Å². The van der Waals surface area contributed by atoms with Crippen LogP contribution in [0.15, 0.2) is 59.1 Å². The van der Waals surface area contributed by atoms with Gasteiger partial charge >= 0.3 is 6.18 Å². The zero-order valence-electron chi connectivity index (χ0n) is 16.0. The average Bonchev–Trinajstić information content (AvgIpc) is 3.20. The van der Waals surface area contributed by atoms with Gasteiger partial charge in [0.25, 0.3) is 5.91 Å². The van der Waals surface area contributed by atoms with Gasteiger partial charge in [-0.1, -0.05) is 0 Å². The lowest BCUT2D eigenvalue weighted by atomic mass is 10.2. The number of aryl methyl sites for hydroxylation is 1. The topological polar surface area (TPSA) is 84.2 Å². The Labute approximate surface area is 174 Å². The first-order valence-electron chi connectivity index (χ1n) is 9.15. The van der Waals surface area contributed by atoms with E-state index >= 15 is 0 Å². The summed E-state index contributed by atoms with van der Waals surface area (Å²) in [4.78, 5) is 27.9. The first-order chi connectivity index (χ1) is 14.7. The van der Waals surface area contributed by atoms with Crippen LogP contribution in [0.3, 0.4) is 0 Å². The Balaban J connectivity index is 1.49. The van der Waals surface area contributed by atoms with E-state index in [1.165, 1.54) is 42.6 Å². The number of hydrogen-bond acceptors (Lipinski definition) is 4. The van der Waals surface area contributed by atoms with E-state index in [4.69, 9.17) is 4.42 Å². The number of alkyl halides is 3. The van der Waals surface area contributed by atoms with Gasteiger partial charge in [-0.3, -0.25) is 9.59 Å². The fourth-order valence-corrected chi connectivity index (χ4v) is 2.60. The summed E-state index contributed by atoms with van der Waals surface area (Å²) in [5.74, 6) is -0.775. The van der Waals surface area contributed by atoms with Crippen LogP contribution in [-0.2, 0) is 11.2 Å². The van der Waals surface area contributed by atoms with E-state index in [1.807, 2.05) is 0 Å². The predicted octanol–water partition coefficient (Wildman–Crippen LogP) is 4.34. The van der Waals surface area contributed by atoms with Gasteiger partial charge in [0.15, 0.2) is 11.7 Å². The molecule has 0 aliphatic heterocycles. The third kappa shape index (κ3) is 6.66. The van der Waals surface area contributed by atoms with Crippen molar-refractivity contribution in [2.24, 2.45) is 0 Å². The Morgan fingerprint density at radius 2 is 1.68 bits per heavy atom. The Kier molecular flexibility index (Phi) is 6.68. The zero-order chi connectivity index (χ0) is 22.4. The molecule has 31 heavy (non-hydrogen) atoms. The number of oxazole rings is 1. The Morgan fingerprint density at radius 1 is 1.00 bits per heavy atom. The van der Waals surface area contributed by atoms with Crippen LogP contribution in [0.2, 0.25) is 0 Å². The minimum atomic E-state index is -4.49. The van der Waals surface area contributed by atoms with Crippen molar-refractivity contribution >= 4 is 17.5 Å². The molecule has 2 N–H and O–H groups in total. The maximum absolute atomic E-state index is 13.0. The predicted molar refractivity (Wildman–Crippen MR) is 104 cm³/mol.